The number of aliphatic hydroxyl groups is 12. The van der Waals surface area contributed by atoms with E-state index in [4.69, 9.17) is 160 Å². The van der Waals surface area contributed by atoms with Gasteiger partial charge in [0.1, 0.15) is 134 Å². The van der Waals surface area contributed by atoms with Crippen molar-refractivity contribution in [1.29, 1.82) is 0 Å². The van der Waals surface area contributed by atoms with Gasteiger partial charge in [-0.2, -0.15) is 0 Å². The fraction of sp³-hybridized carbons (Fsp3) is 0.963. The fourth-order valence-corrected chi connectivity index (χ4v) is 13.2. The Hall–Kier alpha value is -2.14. The van der Waals surface area contributed by atoms with Crippen molar-refractivity contribution in [2.45, 2.75) is 245 Å². The van der Waals surface area contributed by atoms with E-state index in [1.54, 1.807) is 0 Å². The summed E-state index contributed by atoms with van der Waals surface area (Å²) in [7, 11) is 0. The molecule has 0 aromatic carbocycles. The predicted molar refractivity (Wildman–Crippen MR) is 341 cm³/mol. The lowest BCUT2D eigenvalue weighted by molar-refractivity contribution is -0.306. The quantitative estimate of drug-likeness (QED) is 0.0244. The third-order valence-electron chi connectivity index (χ3n) is 18.7. The van der Waals surface area contributed by atoms with Gasteiger partial charge in [-0.3, -0.25) is 0 Å². The summed E-state index contributed by atoms with van der Waals surface area (Å²) >= 11 is 11.1. The van der Waals surface area contributed by atoms with E-state index in [1.165, 1.54) is 0 Å². The third-order valence-corrected chi connectivity index (χ3v) is 19.3. The van der Waals surface area contributed by atoms with Gasteiger partial charge in [0, 0.05) is 76.5 Å². The molecule has 42 nitrogen and oxygen atoms in total. The van der Waals surface area contributed by atoms with Crippen LogP contribution in [0.25, 0.3) is 0 Å². The van der Waals surface area contributed by atoms with Crippen LogP contribution in [0, 0.1) is 0 Å². The maximum absolute atomic E-state index is 11.9. The second-order valence-corrected chi connectivity index (χ2v) is 26.4. The zero-order chi connectivity index (χ0) is 71.7. The Balaban J connectivity index is 0.793. The van der Waals surface area contributed by atoms with Crippen molar-refractivity contribution in [2.24, 2.45) is 68.8 Å². The summed E-state index contributed by atoms with van der Waals surface area (Å²) in [6, 6.07) is -9.06. The van der Waals surface area contributed by atoms with E-state index in [9.17, 15) is 61.3 Å². The SMILES string of the molecule is NCC1O[C@H](OC2C(N)C[C@@H](N)C(O)[C@H]2O[C@@H]2O[C@H](CNC(=S)NCCOCCOCCNC(=S)NC[C@H]3O[C@@H](OC4C(O[C@@H]5OC(CN)C(O)[C@H](O)C5N)C(N)C[C@H](N)[C@@H]4O)C(O)C3O[C@@H]3O[C@H](CN)C(O)C(O)C3N)[C@H](O[C@H]3O[C@@H](CN)C(O)C(O)C3N)C2O)C(N)[C@@H](O)C1O. The molecule has 0 bridgehead atoms. The molecular weight excluding hydrogens is 1350 g/mol. The standard InChI is InChI=1S/C54H106N16O26S2/c55-9-19-31(73)35(77)25(63)47(85-19)91-41-17(61)7-15(59)29(71)45(41)95-51-39(81)43(93-49-27(65)37(79)33(75)21(11-57)87-49)23(89-51)13-69-53(97)67-1-3-83-5-6-84-4-2-68-54(98)70-14-24-44(94-50-28(66)38(80)34(76)22(12-58)88-50)40(82)52(90-24)96-46-30(72)16(60)8-18(62)42(46)92-48-26(64)36(78)32(74)20(10-56)86-48/h15-52,71-82H,1-14,55-66H2,(H2,67,69,97)(H2,68,70,98)/t15-,16+,17?,18?,19?,20?,21+,22-,23-,24-,25?,26?,27?,28?,29?,30+,31?,32?,33?,34?,35-,36-,37?,38?,39?,40?,41?,42?,43+,44?,45-,46?,47-,48+,49-,50+,51+,52+/m1/s1. The molecule has 0 aromatic heterocycles. The molecule has 8 aliphatic rings. The number of aliphatic hydroxyl groups excluding tert-OH is 12. The molecule has 40 N–H and O–H groups in total. The third kappa shape index (κ3) is 19.3. The average molecular weight is 1460 g/mol. The Morgan fingerprint density at radius 3 is 0.857 bits per heavy atom. The Labute approximate surface area is 574 Å². The summed E-state index contributed by atoms with van der Waals surface area (Å²) in [5.74, 6) is 0. The minimum atomic E-state index is -1.69. The molecular formula is C54H106N16O26S2. The van der Waals surface area contributed by atoms with E-state index in [-0.39, 0.29) is 102 Å². The van der Waals surface area contributed by atoms with Crippen molar-refractivity contribution in [3.8, 4) is 0 Å². The van der Waals surface area contributed by atoms with Crippen LogP contribution in [0.2, 0.25) is 0 Å². The van der Waals surface area contributed by atoms with Gasteiger partial charge in [0.2, 0.25) is 0 Å². The summed E-state index contributed by atoms with van der Waals surface area (Å²) in [6.07, 6.45) is -41.9. The lowest BCUT2D eigenvalue weighted by Gasteiger charge is -2.47. The van der Waals surface area contributed by atoms with E-state index in [0.717, 1.165) is 0 Å². The molecule has 6 heterocycles. The molecule has 38 atom stereocenters. The van der Waals surface area contributed by atoms with E-state index in [1.807, 2.05) is 0 Å². The molecule has 6 aliphatic heterocycles. The summed E-state index contributed by atoms with van der Waals surface area (Å²) in [5, 5.41) is 144. The van der Waals surface area contributed by atoms with Crippen molar-refractivity contribution < 1.29 is 128 Å². The van der Waals surface area contributed by atoms with Crippen LogP contribution in [0.5, 0.6) is 0 Å². The summed E-state index contributed by atoms with van der Waals surface area (Å²) in [6.45, 7) is -0.173. The van der Waals surface area contributed by atoms with Crippen LogP contribution < -0.4 is 90.1 Å². The first-order chi connectivity index (χ1) is 46.5. The zero-order valence-electron chi connectivity index (χ0n) is 53.7. The summed E-state index contributed by atoms with van der Waals surface area (Å²) < 4.78 is 84.2. The lowest BCUT2D eigenvalue weighted by Crippen LogP contribution is -2.68. The smallest absolute Gasteiger partial charge is 0.187 e. The molecule has 570 valence electrons. The largest absolute Gasteiger partial charge is 0.389 e. The Bertz CT molecular complexity index is 2280. The second-order valence-electron chi connectivity index (χ2n) is 25.6. The second kappa shape index (κ2) is 37.2. The normalized spacial score (nSPS) is 47.8. The first-order valence-electron chi connectivity index (χ1n) is 32.6. The van der Waals surface area contributed by atoms with Crippen molar-refractivity contribution in [1.82, 2.24) is 21.3 Å². The van der Waals surface area contributed by atoms with Crippen LogP contribution in [0.4, 0.5) is 0 Å². The van der Waals surface area contributed by atoms with Gasteiger partial charge in [0.15, 0.2) is 48.0 Å². The van der Waals surface area contributed by atoms with E-state index >= 15 is 0 Å². The first-order valence-corrected chi connectivity index (χ1v) is 33.4. The van der Waals surface area contributed by atoms with Crippen LogP contribution >= 0.6 is 24.4 Å². The monoisotopic (exact) mass is 1460 g/mol. The number of hydrogen-bond donors (Lipinski definition) is 28. The van der Waals surface area contributed by atoms with Gasteiger partial charge in [-0.1, -0.05) is 0 Å². The Morgan fingerprint density at radius 2 is 0.571 bits per heavy atom. The van der Waals surface area contributed by atoms with Gasteiger partial charge in [-0.25, -0.2) is 0 Å². The molecule has 8 fully saturated rings. The molecule has 44 heteroatoms. The maximum atomic E-state index is 11.9. The number of thiocarbonyl (C=S) groups is 2. The summed E-state index contributed by atoms with van der Waals surface area (Å²) in [4.78, 5) is 0. The molecule has 0 radical (unpaired) electrons. The molecule has 6 saturated heterocycles. The highest BCUT2D eigenvalue weighted by atomic mass is 32.1. The molecule has 98 heavy (non-hydrogen) atoms. The van der Waals surface area contributed by atoms with E-state index in [0.29, 0.717) is 0 Å². The number of ether oxygens (including phenoxy) is 14. The molecule has 21 unspecified atom stereocenters. The molecule has 0 spiro atoms. The van der Waals surface area contributed by atoms with Crippen LogP contribution in [0.1, 0.15) is 12.8 Å². The minimum Gasteiger partial charge on any atom is -0.389 e. The Kier molecular flexibility index (Phi) is 31.0. The Morgan fingerprint density at radius 1 is 0.306 bits per heavy atom. The van der Waals surface area contributed by atoms with Gasteiger partial charge in [-0.05, 0) is 37.3 Å². The van der Waals surface area contributed by atoms with Gasteiger partial charge in [0.05, 0.1) is 62.8 Å². The van der Waals surface area contributed by atoms with Gasteiger partial charge >= 0.3 is 0 Å². The van der Waals surface area contributed by atoms with E-state index < -0.39 is 233 Å². The topological polar surface area (TPSA) is 732 Å². The number of hydrogen-bond acceptors (Lipinski definition) is 40. The number of nitrogens with two attached hydrogens (primary N) is 12. The molecule has 8 rings (SSSR count). The summed E-state index contributed by atoms with van der Waals surface area (Å²) in [5.41, 5.74) is 73.6. The first kappa shape index (κ1) is 81.5. The van der Waals surface area contributed by atoms with E-state index in [2.05, 4.69) is 21.3 Å². The molecule has 2 aliphatic carbocycles. The average Bonchev–Trinajstić information content (AvgIpc) is 0.985. The van der Waals surface area contributed by atoms with Crippen molar-refractivity contribution in [2.75, 3.05) is 78.8 Å². The maximum Gasteiger partial charge on any atom is 0.187 e. The lowest BCUT2D eigenvalue weighted by atomic mass is 9.84. The molecule has 2 saturated carbocycles. The van der Waals surface area contributed by atoms with Gasteiger partial charge in [-0.15, -0.1) is 0 Å². The van der Waals surface area contributed by atoms with Crippen molar-refractivity contribution in [3.63, 3.8) is 0 Å². The van der Waals surface area contributed by atoms with Gasteiger partial charge < -0.3 is 218 Å². The highest BCUT2D eigenvalue weighted by Crippen LogP contribution is 2.37. The van der Waals surface area contributed by atoms with Crippen LogP contribution in [-0.4, -0.2) is 383 Å². The predicted octanol–water partition coefficient (Wildman–Crippen LogP) is -17.8. The van der Waals surface area contributed by atoms with Crippen LogP contribution in [0.3, 0.4) is 0 Å². The number of nitrogens with one attached hydrogen (secondary N) is 4. The minimum absolute atomic E-state index is 0.0251. The highest BCUT2D eigenvalue weighted by molar-refractivity contribution is 7.80. The van der Waals surface area contributed by atoms with Crippen LogP contribution in [-0.2, 0) is 66.3 Å². The van der Waals surface area contributed by atoms with Gasteiger partial charge in [0.25, 0.3) is 0 Å². The van der Waals surface area contributed by atoms with Crippen molar-refractivity contribution in [3.05, 3.63) is 0 Å². The van der Waals surface area contributed by atoms with Crippen molar-refractivity contribution >= 4 is 34.7 Å². The van der Waals surface area contributed by atoms with Crippen LogP contribution in [0.15, 0.2) is 0 Å². The number of rotatable bonds is 29. The zero-order valence-corrected chi connectivity index (χ0v) is 55.3. The molecule has 0 amide bonds. The fourth-order valence-electron chi connectivity index (χ4n) is 12.8. The molecule has 0 aromatic rings. The highest BCUT2D eigenvalue weighted by Gasteiger charge is 2.58.